The van der Waals surface area contributed by atoms with Crippen LogP contribution in [0, 0.1) is 0 Å². The van der Waals surface area contributed by atoms with E-state index in [0.29, 0.717) is 0 Å². The smallest absolute Gasteiger partial charge is 0.417 e. The molecule has 1 aliphatic rings. The van der Waals surface area contributed by atoms with Gasteiger partial charge in [0, 0.05) is 26.2 Å². The fourth-order valence-electron chi connectivity index (χ4n) is 1.10. The number of hydrogen-bond acceptors (Lipinski definition) is 6. The third kappa shape index (κ3) is 6.48. The predicted molar refractivity (Wildman–Crippen MR) is 56.2 cm³/mol. The predicted octanol–water partition coefficient (Wildman–Crippen LogP) is -2.35. The number of nitrogens with zero attached hydrogens (tertiary/aromatic N) is 1. The maximum absolute atomic E-state index is 10.8. The van der Waals surface area contributed by atoms with Crippen molar-refractivity contribution in [3.05, 3.63) is 0 Å². The number of aliphatic hydroxyl groups is 1. The number of esters is 1. The molecule has 0 aliphatic carbocycles. The van der Waals surface area contributed by atoms with Crippen LogP contribution in [0.1, 0.15) is 0 Å². The zero-order valence-corrected chi connectivity index (χ0v) is 9.51. The number of carbonyl (C=O) groups excluding carboxylic acids is 2. The molecule has 98 valence electrons. The average Bonchev–Trinajstić information content (AvgIpc) is 2.38. The number of aliphatic hydroxyl groups excluding tert-OH is 1. The second kappa shape index (κ2) is 8.48. The van der Waals surface area contributed by atoms with Crippen molar-refractivity contribution in [3.63, 3.8) is 0 Å². The molecule has 0 spiro atoms. The number of piperazine rings is 1. The molecule has 8 heteroatoms. The normalized spacial score (nSPS) is 14.4. The van der Waals surface area contributed by atoms with Crippen LogP contribution in [-0.4, -0.2) is 72.9 Å². The van der Waals surface area contributed by atoms with E-state index in [-0.39, 0.29) is 12.5 Å². The molecule has 1 rings (SSSR count). The molecule has 3 N–H and O–H groups in total. The molecule has 0 aromatic carbocycles. The molecule has 1 saturated heterocycles. The minimum Gasteiger partial charge on any atom is -0.473 e. The molecule has 0 aromatic heterocycles. The van der Waals surface area contributed by atoms with Crippen molar-refractivity contribution >= 4 is 17.8 Å². The fraction of sp³-hybridized carbons (Fsp3) is 0.667. The standard InChI is InChI=1S/C6H12N2O2.C3H4O4/c9-5-6(10)8-3-1-7-2-4-8;1-7-3(6)2(4)5/h7,9H,1-5H2;1H3,(H,4,5). The number of carbonyl (C=O) groups is 3. The Kier molecular flexibility index (Phi) is 7.65. The van der Waals surface area contributed by atoms with Crippen LogP contribution in [-0.2, 0) is 19.1 Å². The van der Waals surface area contributed by atoms with Gasteiger partial charge in [0.25, 0.3) is 0 Å². The molecule has 0 saturated carbocycles. The second-order valence-corrected chi connectivity index (χ2v) is 3.09. The Balaban J connectivity index is 0.000000325. The highest BCUT2D eigenvalue weighted by Gasteiger charge is 2.13. The first kappa shape index (κ1) is 15.3. The lowest BCUT2D eigenvalue weighted by molar-refractivity contribution is -0.161. The van der Waals surface area contributed by atoms with E-state index in [9.17, 15) is 14.4 Å². The number of amides is 1. The van der Waals surface area contributed by atoms with Crippen LogP contribution in [0.2, 0.25) is 0 Å². The number of nitrogens with one attached hydrogen (secondary N) is 1. The first-order chi connectivity index (χ1) is 8.02. The summed E-state index contributed by atoms with van der Waals surface area (Å²) in [4.78, 5) is 31.6. The molecule has 1 heterocycles. The summed E-state index contributed by atoms with van der Waals surface area (Å²) >= 11 is 0. The Bertz CT molecular complexity index is 275. The van der Waals surface area contributed by atoms with E-state index in [2.05, 4.69) is 10.1 Å². The van der Waals surface area contributed by atoms with Crippen LogP contribution < -0.4 is 5.32 Å². The number of methoxy groups -OCH3 is 1. The molecule has 0 aromatic rings. The topological polar surface area (TPSA) is 116 Å². The van der Waals surface area contributed by atoms with E-state index in [4.69, 9.17) is 10.2 Å². The van der Waals surface area contributed by atoms with Gasteiger partial charge in [-0.1, -0.05) is 0 Å². The molecule has 0 bridgehead atoms. The lowest BCUT2D eigenvalue weighted by Gasteiger charge is -2.26. The summed E-state index contributed by atoms with van der Waals surface area (Å²) in [5, 5.41) is 19.3. The molecule has 1 fully saturated rings. The van der Waals surface area contributed by atoms with Gasteiger partial charge in [0.1, 0.15) is 6.61 Å². The molecule has 0 radical (unpaired) electrons. The van der Waals surface area contributed by atoms with Gasteiger partial charge in [-0.2, -0.15) is 0 Å². The molecular weight excluding hydrogens is 232 g/mol. The van der Waals surface area contributed by atoms with Crippen LogP contribution in [0.3, 0.4) is 0 Å². The van der Waals surface area contributed by atoms with E-state index < -0.39 is 11.9 Å². The number of hydrogen-bond donors (Lipinski definition) is 3. The number of rotatable bonds is 1. The maximum atomic E-state index is 10.8. The fourth-order valence-corrected chi connectivity index (χ4v) is 1.10. The largest absolute Gasteiger partial charge is 0.473 e. The van der Waals surface area contributed by atoms with Crippen LogP contribution in [0.5, 0.6) is 0 Å². The Morgan fingerprint density at radius 3 is 2.12 bits per heavy atom. The Labute approximate surface area is 98.2 Å². The van der Waals surface area contributed by atoms with Crippen LogP contribution >= 0.6 is 0 Å². The van der Waals surface area contributed by atoms with Gasteiger partial charge in [-0.25, -0.2) is 9.59 Å². The van der Waals surface area contributed by atoms with Crippen molar-refractivity contribution in [3.8, 4) is 0 Å². The maximum Gasteiger partial charge on any atom is 0.417 e. The number of carboxylic acids is 1. The van der Waals surface area contributed by atoms with Gasteiger partial charge < -0.3 is 25.2 Å². The summed E-state index contributed by atoms with van der Waals surface area (Å²) in [7, 11) is 1.01. The zero-order chi connectivity index (χ0) is 13.3. The summed E-state index contributed by atoms with van der Waals surface area (Å²) in [5.41, 5.74) is 0. The summed E-state index contributed by atoms with van der Waals surface area (Å²) in [5.74, 6) is -2.97. The van der Waals surface area contributed by atoms with Gasteiger partial charge in [0.2, 0.25) is 5.91 Å². The number of ether oxygens (including phenoxy) is 1. The van der Waals surface area contributed by atoms with Gasteiger partial charge >= 0.3 is 11.9 Å². The van der Waals surface area contributed by atoms with Gasteiger partial charge in [0.15, 0.2) is 0 Å². The monoisotopic (exact) mass is 248 g/mol. The van der Waals surface area contributed by atoms with Crippen molar-refractivity contribution < 1.29 is 29.3 Å². The average molecular weight is 248 g/mol. The minimum absolute atomic E-state index is 0.165. The van der Waals surface area contributed by atoms with Crippen molar-refractivity contribution in [2.45, 2.75) is 0 Å². The van der Waals surface area contributed by atoms with Crippen molar-refractivity contribution in [2.24, 2.45) is 0 Å². The number of carboxylic acid groups (broad SMARTS) is 1. The van der Waals surface area contributed by atoms with Crippen LogP contribution in [0.4, 0.5) is 0 Å². The summed E-state index contributed by atoms with van der Waals surface area (Å²) in [6, 6.07) is 0. The highest BCUT2D eigenvalue weighted by Crippen LogP contribution is 1.91. The van der Waals surface area contributed by atoms with Crippen molar-refractivity contribution in [1.29, 1.82) is 0 Å². The highest BCUT2D eigenvalue weighted by atomic mass is 16.5. The summed E-state index contributed by atoms with van der Waals surface area (Å²) < 4.78 is 3.77. The second-order valence-electron chi connectivity index (χ2n) is 3.09. The molecule has 1 aliphatic heterocycles. The van der Waals surface area contributed by atoms with Gasteiger partial charge in [-0.3, -0.25) is 4.79 Å². The summed E-state index contributed by atoms with van der Waals surface area (Å²) in [6.45, 7) is 2.76. The highest BCUT2D eigenvalue weighted by molar-refractivity contribution is 6.28. The number of aliphatic carboxylic acids is 1. The minimum atomic E-state index is -1.57. The first-order valence-electron chi connectivity index (χ1n) is 4.93. The molecule has 0 atom stereocenters. The van der Waals surface area contributed by atoms with Gasteiger partial charge in [-0.05, 0) is 0 Å². The lowest BCUT2D eigenvalue weighted by atomic mass is 10.3. The van der Waals surface area contributed by atoms with Crippen LogP contribution in [0.15, 0.2) is 0 Å². The van der Waals surface area contributed by atoms with E-state index in [1.807, 2.05) is 0 Å². The molecule has 8 nitrogen and oxygen atoms in total. The molecular formula is C9H16N2O6. The Hall–Kier alpha value is -1.67. The third-order valence-corrected chi connectivity index (χ3v) is 1.96. The molecule has 17 heavy (non-hydrogen) atoms. The lowest BCUT2D eigenvalue weighted by Crippen LogP contribution is -2.47. The zero-order valence-electron chi connectivity index (χ0n) is 9.51. The molecule has 1 amide bonds. The SMILES string of the molecule is COC(=O)C(=O)O.O=C(CO)N1CCNCC1. The van der Waals surface area contributed by atoms with Crippen LogP contribution in [0.25, 0.3) is 0 Å². The van der Waals surface area contributed by atoms with E-state index >= 15 is 0 Å². The third-order valence-electron chi connectivity index (χ3n) is 1.96. The quantitative estimate of drug-likeness (QED) is 0.351. The summed E-state index contributed by atoms with van der Waals surface area (Å²) in [6.07, 6.45) is 0. The van der Waals surface area contributed by atoms with E-state index in [1.165, 1.54) is 0 Å². The van der Waals surface area contributed by atoms with Gasteiger partial charge in [0.05, 0.1) is 7.11 Å². The Morgan fingerprint density at radius 2 is 1.82 bits per heavy atom. The Morgan fingerprint density at radius 1 is 1.29 bits per heavy atom. The van der Waals surface area contributed by atoms with Crippen molar-refractivity contribution in [2.75, 3.05) is 39.9 Å². The van der Waals surface area contributed by atoms with E-state index in [1.54, 1.807) is 4.90 Å². The first-order valence-corrected chi connectivity index (χ1v) is 4.93. The van der Waals surface area contributed by atoms with Crippen molar-refractivity contribution in [1.82, 2.24) is 10.2 Å². The van der Waals surface area contributed by atoms with E-state index in [0.717, 1.165) is 33.3 Å². The van der Waals surface area contributed by atoms with Gasteiger partial charge in [-0.15, -0.1) is 0 Å². The molecule has 0 unspecified atom stereocenters.